The van der Waals surface area contributed by atoms with Crippen LogP contribution in [0, 0.1) is 11.8 Å². The summed E-state index contributed by atoms with van der Waals surface area (Å²) in [5.41, 5.74) is 5.30. The second-order valence-corrected chi connectivity index (χ2v) is 3.77. The lowest BCUT2D eigenvalue weighted by atomic mass is 9.80. The average molecular weight is 192 g/mol. The van der Waals surface area contributed by atoms with Gasteiger partial charge >= 0.3 is 5.97 Å². The van der Waals surface area contributed by atoms with E-state index < -0.39 is 5.54 Å². The lowest BCUT2D eigenvalue weighted by Gasteiger charge is -2.28. The zero-order valence-corrected chi connectivity index (χ0v) is 7.89. The van der Waals surface area contributed by atoms with Gasteiger partial charge in [-0.05, 0) is 31.1 Å². The van der Waals surface area contributed by atoms with E-state index in [0.29, 0.717) is 11.8 Å². The summed E-state index contributed by atoms with van der Waals surface area (Å²) in [6.45, 7) is 0. The predicted octanol–water partition coefficient (Wildman–Crippen LogP) is 0.709. The summed E-state index contributed by atoms with van der Waals surface area (Å²) in [7, 11) is 1.41. The Morgan fingerprint density at radius 1 is 1.58 bits per heavy atom. The van der Waals surface area contributed by atoms with Crippen molar-refractivity contribution in [3.63, 3.8) is 0 Å². The monoisotopic (exact) mass is 191 g/mol. The number of ether oxygens (including phenoxy) is 1. The summed E-state index contributed by atoms with van der Waals surface area (Å²) < 4.78 is 4.67. The maximum Gasteiger partial charge on any atom is 0.326 e. The molecule has 3 fully saturated rings. The number of carbonyl (C=O) groups excluding carboxylic acids is 1. The Balaban J connectivity index is 0.000000720. The van der Waals surface area contributed by atoms with Gasteiger partial charge in [-0.1, -0.05) is 0 Å². The number of rotatable bonds is 1. The van der Waals surface area contributed by atoms with Crippen LogP contribution in [0.3, 0.4) is 0 Å². The van der Waals surface area contributed by atoms with Gasteiger partial charge in [0.25, 0.3) is 0 Å². The van der Waals surface area contributed by atoms with Crippen molar-refractivity contribution in [1.82, 2.24) is 0 Å². The molecule has 12 heavy (non-hydrogen) atoms. The van der Waals surface area contributed by atoms with Gasteiger partial charge < -0.3 is 10.5 Å². The van der Waals surface area contributed by atoms with Crippen molar-refractivity contribution < 1.29 is 9.53 Å². The first kappa shape index (κ1) is 9.81. The molecule has 2 N–H and O–H groups in total. The molecule has 3 aliphatic rings. The molecule has 0 spiro atoms. The number of hydrogen-bond acceptors (Lipinski definition) is 3. The van der Waals surface area contributed by atoms with Crippen LogP contribution in [0.5, 0.6) is 0 Å². The molecule has 0 radical (unpaired) electrons. The molecule has 0 aliphatic heterocycles. The van der Waals surface area contributed by atoms with Gasteiger partial charge in [0.15, 0.2) is 0 Å². The second-order valence-electron chi connectivity index (χ2n) is 3.77. The van der Waals surface area contributed by atoms with Crippen molar-refractivity contribution in [1.29, 1.82) is 0 Å². The van der Waals surface area contributed by atoms with Gasteiger partial charge in [-0.15, -0.1) is 12.4 Å². The van der Waals surface area contributed by atoms with Gasteiger partial charge in [-0.25, -0.2) is 0 Å². The SMILES string of the molecule is COC(=O)C1(N)CC2CC1C2.Cl. The number of fused-ring (bicyclic) bond motifs is 1. The maximum atomic E-state index is 11.2. The van der Waals surface area contributed by atoms with Crippen LogP contribution in [-0.4, -0.2) is 18.6 Å². The lowest BCUT2D eigenvalue weighted by molar-refractivity contribution is -0.148. The van der Waals surface area contributed by atoms with E-state index in [0.717, 1.165) is 19.3 Å². The van der Waals surface area contributed by atoms with Crippen molar-refractivity contribution in [2.24, 2.45) is 17.6 Å². The zero-order chi connectivity index (χ0) is 8.06. The molecule has 2 bridgehead atoms. The number of esters is 1. The lowest BCUT2D eigenvalue weighted by Crippen LogP contribution is -2.50. The molecule has 3 nitrogen and oxygen atoms in total. The van der Waals surface area contributed by atoms with Crippen LogP contribution in [0.4, 0.5) is 0 Å². The first-order valence-electron chi connectivity index (χ1n) is 4.04. The third-order valence-corrected chi connectivity index (χ3v) is 3.16. The Labute approximate surface area is 78.1 Å². The molecule has 1 unspecified atom stereocenters. The topological polar surface area (TPSA) is 52.3 Å². The van der Waals surface area contributed by atoms with Crippen molar-refractivity contribution in [2.45, 2.75) is 24.8 Å². The van der Waals surface area contributed by atoms with E-state index in [1.54, 1.807) is 0 Å². The van der Waals surface area contributed by atoms with E-state index in [1.807, 2.05) is 0 Å². The minimum Gasteiger partial charge on any atom is -0.468 e. The van der Waals surface area contributed by atoms with Crippen LogP contribution >= 0.6 is 12.4 Å². The van der Waals surface area contributed by atoms with Crippen molar-refractivity contribution in [3.8, 4) is 0 Å². The molecule has 1 atom stereocenters. The molecule has 0 saturated heterocycles. The van der Waals surface area contributed by atoms with Gasteiger partial charge in [-0.2, -0.15) is 0 Å². The Morgan fingerprint density at radius 2 is 2.17 bits per heavy atom. The highest BCUT2D eigenvalue weighted by molar-refractivity contribution is 5.85. The molecule has 0 aromatic heterocycles. The quantitative estimate of drug-likeness (QED) is 0.622. The fourth-order valence-corrected chi connectivity index (χ4v) is 2.41. The number of methoxy groups -OCH3 is 1. The van der Waals surface area contributed by atoms with Crippen LogP contribution in [0.25, 0.3) is 0 Å². The van der Waals surface area contributed by atoms with Crippen LogP contribution in [0.15, 0.2) is 0 Å². The molecule has 3 saturated carbocycles. The molecule has 0 amide bonds. The van der Waals surface area contributed by atoms with Crippen molar-refractivity contribution in [2.75, 3.05) is 7.11 Å². The highest BCUT2D eigenvalue weighted by Crippen LogP contribution is 2.53. The fraction of sp³-hybridized carbons (Fsp3) is 0.875. The normalized spacial score (nSPS) is 42.8. The molecule has 0 aromatic carbocycles. The average Bonchev–Trinajstić information content (AvgIpc) is 2.38. The van der Waals surface area contributed by atoms with Gasteiger partial charge in [0.1, 0.15) is 5.54 Å². The van der Waals surface area contributed by atoms with E-state index in [2.05, 4.69) is 4.74 Å². The first-order valence-corrected chi connectivity index (χ1v) is 4.04. The summed E-state index contributed by atoms with van der Waals surface area (Å²) >= 11 is 0. The predicted molar refractivity (Wildman–Crippen MR) is 47.0 cm³/mol. The first-order chi connectivity index (χ1) is 5.16. The van der Waals surface area contributed by atoms with Gasteiger partial charge in [0.05, 0.1) is 7.11 Å². The highest BCUT2D eigenvalue weighted by Gasteiger charge is 2.57. The van der Waals surface area contributed by atoms with Crippen molar-refractivity contribution in [3.05, 3.63) is 0 Å². The molecule has 0 aromatic rings. The van der Waals surface area contributed by atoms with E-state index in [9.17, 15) is 4.79 Å². The van der Waals surface area contributed by atoms with E-state index in [1.165, 1.54) is 7.11 Å². The van der Waals surface area contributed by atoms with Crippen LogP contribution in [0.2, 0.25) is 0 Å². The Kier molecular flexibility index (Phi) is 2.36. The van der Waals surface area contributed by atoms with Crippen LogP contribution in [0.1, 0.15) is 19.3 Å². The summed E-state index contributed by atoms with van der Waals surface area (Å²) in [5.74, 6) is 0.881. The smallest absolute Gasteiger partial charge is 0.326 e. The summed E-state index contributed by atoms with van der Waals surface area (Å²) in [5, 5.41) is 0. The van der Waals surface area contributed by atoms with Crippen molar-refractivity contribution >= 4 is 18.4 Å². The fourth-order valence-electron chi connectivity index (χ4n) is 2.41. The maximum absolute atomic E-state index is 11.2. The second kappa shape index (κ2) is 2.89. The third kappa shape index (κ3) is 1.04. The number of hydrogen-bond donors (Lipinski definition) is 1. The molecule has 3 aliphatic carbocycles. The number of halogens is 1. The Bertz CT molecular complexity index is 203. The zero-order valence-electron chi connectivity index (χ0n) is 7.08. The summed E-state index contributed by atoms with van der Waals surface area (Å²) in [4.78, 5) is 11.2. The number of carbonyl (C=O) groups is 1. The molecular formula is C8H14ClNO2. The van der Waals surface area contributed by atoms with Gasteiger partial charge in [0.2, 0.25) is 0 Å². The molecular weight excluding hydrogens is 178 g/mol. The standard InChI is InChI=1S/C8H13NO2.ClH/c1-11-7(10)8(9)4-5-2-6(8)3-5;/h5-6H,2-4,9H2,1H3;1H. The summed E-state index contributed by atoms with van der Waals surface area (Å²) in [6, 6.07) is 0. The Morgan fingerprint density at radius 3 is 2.50 bits per heavy atom. The number of nitrogens with two attached hydrogens (primary N) is 1. The third-order valence-electron chi connectivity index (χ3n) is 3.16. The molecule has 70 valence electrons. The Hall–Kier alpha value is -0.280. The van der Waals surface area contributed by atoms with Crippen LogP contribution in [-0.2, 0) is 9.53 Å². The molecule has 4 heteroatoms. The van der Waals surface area contributed by atoms with E-state index in [4.69, 9.17) is 5.73 Å². The van der Waals surface area contributed by atoms with E-state index in [-0.39, 0.29) is 18.4 Å². The van der Waals surface area contributed by atoms with Gasteiger partial charge in [-0.3, -0.25) is 4.79 Å². The largest absolute Gasteiger partial charge is 0.468 e. The van der Waals surface area contributed by atoms with Crippen LogP contribution < -0.4 is 5.73 Å². The van der Waals surface area contributed by atoms with E-state index >= 15 is 0 Å². The van der Waals surface area contributed by atoms with Gasteiger partial charge in [0, 0.05) is 0 Å². The minimum atomic E-state index is -0.626. The molecule has 3 rings (SSSR count). The minimum absolute atomic E-state index is 0. The molecule has 0 heterocycles. The highest BCUT2D eigenvalue weighted by atomic mass is 35.5. The summed E-state index contributed by atoms with van der Waals surface area (Å²) in [6.07, 6.45) is 3.10.